The Morgan fingerprint density at radius 1 is 1.44 bits per heavy atom. The molecule has 18 heavy (non-hydrogen) atoms. The van der Waals surface area contributed by atoms with Crippen LogP contribution < -0.4 is 5.73 Å². The summed E-state index contributed by atoms with van der Waals surface area (Å²) < 4.78 is 0. The fourth-order valence-electron chi connectivity index (χ4n) is 1.87. The number of likely N-dealkylation sites (N-methyl/N-ethyl adjacent to an activating group) is 1. The van der Waals surface area contributed by atoms with E-state index in [4.69, 9.17) is 17.3 Å². The lowest BCUT2D eigenvalue weighted by Gasteiger charge is -2.24. The number of nitrogens with zero attached hydrogens (tertiary/aromatic N) is 1. The lowest BCUT2D eigenvalue weighted by molar-refractivity contribution is -0.133. The summed E-state index contributed by atoms with van der Waals surface area (Å²) in [6.07, 6.45) is 1.65. The molecule has 0 saturated heterocycles. The highest BCUT2D eigenvalue weighted by Crippen LogP contribution is 2.13. The van der Waals surface area contributed by atoms with E-state index in [1.165, 1.54) is 0 Å². The summed E-state index contributed by atoms with van der Waals surface area (Å²) in [7, 11) is 0. The molecular weight excluding hydrogens is 248 g/mol. The van der Waals surface area contributed by atoms with E-state index in [1.807, 2.05) is 38.1 Å². The molecule has 3 nitrogen and oxygen atoms in total. The lowest BCUT2D eigenvalue weighted by atomic mass is 10.1. The molecule has 0 spiro atoms. The number of carbonyl (C=O) groups is 1. The van der Waals surface area contributed by atoms with Crippen LogP contribution in [0.3, 0.4) is 0 Å². The summed E-state index contributed by atoms with van der Waals surface area (Å²) in [5.41, 5.74) is 6.90. The summed E-state index contributed by atoms with van der Waals surface area (Å²) in [5, 5.41) is 0.689. The van der Waals surface area contributed by atoms with Crippen LogP contribution in [0.2, 0.25) is 5.02 Å². The highest BCUT2D eigenvalue weighted by Gasteiger charge is 2.19. The standard InChI is InChI=1S/C14H21ClN2O/c1-3-6-13(16)14(18)17(4-2)10-11-7-5-8-12(15)9-11/h5,7-9,13H,3-4,6,10,16H2,1-2H3/t13-/m1/s1. The normalized spacial score (nSPS) is 12.2. The van der Waals surface area contributed by atoms with Gasteiger partial charge in [-0.3, -0.25) is 4.79 Å². The molecule has 4 heteroatoms. The van der Waals surface area contributed by atoms with Gasteiger partial charge in [-0.15, -0.1) is 0 Å². The molecule has 0 aromatic heterocycles. The second-order valence-electron chi connectivity index (χ2n) is 4.38. The molecule has 0 heterocycles. The predicted octanol–water partition coefficient (Wildman–Crippen LogP) is 2.82. The molecule has 1 atom stereocenters. The van der Waals surface area contributed by atoms with E-state index in [-0.39, 0.29) is 5.91 Å². The van der Waals surface area contributed by atoms with Gasteiger partial charge in [0.05, 0.1) is 6.04 Å². The van der Waals surface area contributed by atoms with Crippen LogP contribution in [0, 0.1) is 0 Å². The second kappa shape index (κ2) is 7.39. The molecule has 0 aliphatic heterocycles. The maximum Gasteiger partial charge on any atom is 0.239 e. The van der Waals surface area contributed by atoms with Crippen molar-refractivity contribution in [2.24, 2.45) is 5.73 Å². The van der Waals surface area contributed by atoms with Crippen molar-refractivity contribution in [3.63, 3.8) is 0 Å². The van der Waals surface area contributed by atoms with Gasteiger partial charge in [-0.05, 0) is 31.0 Å². The van der Waals surface area contributed by atoms with E-state index >= 15 is 0 Å². The monoisotopic (exact) mass is 268 g/mol. The van der Waals surface area contributed by atoms with Crippen LogP contribution in [0.4, 0.5) is 0 Å². The van der Waals surface area contributed by atoms with Crippen molar-refractivity contribution in [1.29, 1.82) is 0 Å². The molecular formula is C14H21ClN2O. The zero-order valence-electron chi connectivity index (χ0n) is 11.0. The van der Waals surface area contributed by atoms with Crippen molar-refractivity contribution in [2.45, 2.75) is 39.3 Å². The quantitative estimate of drug-likeness (QED) is 0.862. The van der Waals surface area contributed by atoms with Crippen LogP contribution in [0.1, 0.15) is 32.3 Å². The first-order valence-corrected chi connectivity index (χ1v) is 6.75. The fourth-order valence-corrected chi connectivity index (χ4v) is 2.08. The Labute approximate surface area is 114 Å². The van der Waals surface area contributed by atoms with Gasteiger partial charge in [0.1, 0.15) is 0 Å². The first kappa shape index (κ1) is 15.0. The molecule has 0 radical (unpaired) electrons. The number of nitrogens with two attached hydrogens (primary N) is 1. The molecule has 0 aliphatic carbocycles. The maximum atomic E-state index is 12.1. The first-order chi connectivity index (χ1) is 8.58. The molecule has 0 unspecified atom stereocenters. The number of halogens is 1. The fraction of sp³-hybridized carbons (Fsp3) is 0.500. The van der Waals surface area contributed by atoms with E-state index in [2.05, 4.69) is 0 Å². The Morgan fingerprint density at radius 3 is 2.72 bits per heavy atom. The molecule has 100 valence electrons. The van der Waals surface area contributed by atoms with E-state index in [0.717, 1.165) is 18.4 Å². The molecule has 0 saturated carbocycles. The summed E-state index contributed by atoms with van der Waals surface area (Å²) in [6, 6.07) is 7.17. The third-order valence-corrected chi connectivity index (χ3v) is 3.11. The predicted molar refractivity (Wildman–Crippen MR) is 75.4 cm³/mol. The average molecular weight is 269 g/mol. The molecule has 1 aromatic rings. The minimum absolute atomic E-state index is 0.0133. The Kier molecular flexibility index (Phi) is 6.16. The van der Waals surface area contributed by atoms with Gasteiger partial charge < -0.3 is 10.6 Å². The van der Waals surface area contributed by atoms with Gasteiger partial charge in [0.2, 0.25) is 5.91 Å². The smallest absolute Gasteiger partial charge is 0.239 e. The molecule has 0 aliphatic rings. The highest BCUT2D eigenvalue weighted by molar-refractivity contribution is 6.30. The highest BCUT2D eigenvalue weighted by atomic mass is 35.5. The zero-order valence-corrected chi connectivity index (χ0v) is 11.8. The van der Waals surface area contributed by atoms with Crippen molar-refractivity contribution in [1.82, 2.24) is 4.90 Å². The topological polar surface area (TPSA) is 46.3 Å². The summed E-state index contributed by atoms with van der Waals surface area (Å²) >= 11 is 5.94. The Hall–Kier alpha value is -1.06. The van der Waals surface area contributed by atoms with Gasteiger partial charge in [0.25, 0.3) is 0 Å². The van der Waals surface area contributed by atoms with Crippen molar-refractivity contribution in [3.8, 4) is 0 Å². The molecule has 1 rings (SSSR count). The summed E-state index contributed by atoms with van der Waals surface area (Å²) in [5.74, 6) is 0.0133. The van der Waals surface area contributed by atoms with Gasteiger partial charge >= 0.3 is 0 Å². The number of rotatable bonds is 6. The molecule has 1 aromatic carbocycles. The largest absolute Gasteiger partial charge is 0.337 e. The van der Waals surface area contributed by atoms with Crippen LogP contribution in [0.15, 0.2) is 24.3 Å². The molecule has 1 amide bonds. The minimum Gasteiger partial charge on any atom is -0.337 e. The third kappa shape index (κ3) is 4.31. The maximum absolute atomic E-state index is 12.1. The van der Waals surface area contributed by atoms with E-state index in [1.54, 1.807) is 4.90 Å². The number of hydrogen-bond donors (Lipinski definition) is 1. The van der Waals surface area contributed by atoms with Gasteiger partial charge in [-0.25, -0.2) is 0 Å². The van der Waals surface area contributed by atoms with Crippen LogP contribution in [-0.4, -0.2) is 23.4 Å². The van der Waals surface area contributed by atoms with Crippen molar-refractivity contribution in [3.05, 3.63) is 34.9 Å². The van der Waals surface area contributed by atoms with Crippen molar-refractivity contribution < 1.29 is 4.79 Å². The van der Waals surface area contributed by atoms with Gasteiger partial charge in [0.15, 0.2) is 0 Å². The van der Waals surface area contributed by atoms with Crippen LogP contribution >= 0.6 is 11.6 Å². The Morgan fingerprint density at radius 2 is 2.17 bits per heavy atom. The van der Waals surface area contributed by atoms with E-state index in [9.17, 15) is 4.79 Å². The number of benzene rings is 1. The summed E-state index contributed by atoms with van der Waals surface area (Å²) in [6.45, 7) is 5.21. The van der Waals surface area contributed by atoms with E-state index < -0.39 is 6.04 Å². The minimum atomic E-state index is -0.394. The van der Waals surface area contributed by atoms with Crippen molar-refractivity contribution in [2.75, 3.05) is 6.54 Å². The zero-order chi connectivity index (χ0) is 13.5. The Bertz CT molecular complexity index is 395. The molecule has 0 fully saturated rings. The van der Waals surface area contributed by atoms with Crippen molar-refractivity contribution >= 4 is 17.5 Å². The SMILES string of the molecule is CCC[C@@H](N)C(=O)N(CC)Cc1cccc(Cl)c1. The first-order valence-electron chi connectivity index (χ1n) is 6.37. The van der Waals surface area contributed by atoms with Gasteiger partial charge in [-0.2, -0.15) is 0 Å². The molecule has 0 bridgehead atoms. The number of hydrogen-bond acceptors (Lipinski definition) is 2. The van der Waals surface area contributed by atoms with Crippen LogP contribution in [0.5, 0.6) is 0 Å². The van der Waals surface area contributed by atoms with E-state index in [0.29, 0.717) is 18.1 Å². The Balaban J connectivity index is 2.69. The third-order valence-electron chi connectivity index (χ3n) is 2.87. The lowest BCUT2D eigenvalue weighted by Crippen LogP contribution is -2.43. The number of carbonyl (C=O) groups excluding carboxylic acids is 1. The summed E-state index contributed by atoms with van der Waals surface area (Å²) in [4.78, 5) is 13.9. The number of amides is 1. The van der Waals surface area contributed by atoms with Gasteiger partial charge in [-0.1, -0.05) is 37.1 Å². The molecule has 2 N–H and O–H groups in total. The average Bonchev–Trinajstić information content (AvgIpc) is 2.35. The van der Waals surface area contributed by atoms with Crippen LogP contribution in [0.25, 0.3) is 0 Å². The van der Waals surface area contributed by atoms with Crippen LogP contribution in [-0.2, 0) is 11.3 Å². The second-order valence-corrected chi connectivity index (χ2v) is 4.81. The van der Waals surface area contributed by atoms with Gasteiger partial charge in [0, 0.05) is 18.1 Å².